The summed E-state index contributed by atoms with van der Waals surface area (Å²) in [5.74, 6) is 0.616. The van der Waals surface area contributed by atoms with E-state index < -0.39 is 0 Å². The summed E-state index contributed by atoms with van der Waals surface area (Å²) in [6.07, 6.45) is 0.974. The molecule has 4 N–H and O–H groups in total. The molecule has 0 aromatic heterocycles. The Morgan fingerprint density at radius 3 is 2.64 bits per heavy atom. The average molecular weight is 330 g/mol. The quantitative estimate of drug-likeness (QED) is 0.674. The van der Waals surface area contributed by atoms with E-state index in [0.29, 0.717) is 24.0 Å². The van der Waals surface area contributed by atoms with Gasteiger partial charge in [0.2, 0.25) is 11.8 Å². The molecule has 2 amide bonds. The Morgan fingerprint density at radius 2 is 2.00 bits per heavy atom. The van der Waals surface area contributed by atoms with Crippen molar-refractivity contribution < 1.29 is 14.3 Å². The molecule has 22 heavy (non-hydrogen) atoms. The Bertz CT molecular complexity index is 481. The highest BCUT2D eigenvalue weighted by molar-refractivity contribution is 5.94. The highest BCUT2D eigenvalue weighted by Crippen LogP contribution is 2.17. The van der Waals surface area contributed by atoms with Gasteiger partial charge in [0.05, 0.1) is 19.7 Å². The van der Waals surface area contributed by atoms with Crippen molar-refractivity contribution in [2.24, 2.45) is 11.7 Å². The first-order chi connectivity index (χ1) is 10.0. The number of nitrogens with two attached hydrogens (primary N) is 1. The first-order valence-electron chi connectivity index (χ1n) is 7.00. The molecule has 0 atom stereocenters. The standard InChI is InChI=1S/C15H23N3O3.ClH/c1-11(2)6-7-21-13-5-3-4-12(8-13)18-15(20)10-17-14(19)9-16;/h3-5,8,11H,6-7,9-10,16H2,1-2H3,(H,17,19)(H,18,20);1H. The first-order valence-corrected chi connectivity index (χ1v) is 7.00. The summed E-state index contributed by atoms with van der Waals surface area (Å²) in [5.41, 5.74) is 5.77. The Hall–Kier alpha value is -1.79. The lowest BCUT2D eigenvalue weighted by molar-refractivity contribution is -0.123. The van der Waals surface area contributed by atoms with Gasteiger partial charge in [-0.2, -0.15) is 0 Å². The fourth-order valence-electron chi connectivity index (χ4n) is 1.53. The third-order valence-electron chi connectivity index (χ3n) is 2.71. The molecular weight excluding hydrogens is 306 g/mol. The normalized spacial score (nSPS) is 9.82. The van der Waals surface area contributed by atoms with Crippen LogP contribution in [-0.4, -0.2) is 31.5 Å². The average Bonchev–Trinajstić information content (AvgIpc) is 2.44. The maximum Gasteiger partial charge on any atom is 0.243 e. The van der Waals surface area contributed by atoms with Crippen molar-refractivity contribution in [2.45, 2.75) is 20.3 Å². The first kappa shape index (κ1) is 20.2. The van der Waals surface area contributed by atoms with E-state index in [1.807, 2.05) is 6.07 Å². The molecule has 0 radical (unpaired) electrons. The summed E-state index contributed by atoms with van der Waals surface area (Å²) in [4.78, 5) is 22.6. The van der Waals surface area contributed by atoms with Crippen LogP contribution in [0.3, 0.4) is 0 Å². The van der Waals surface area contributed by atoms with Crippen LogP contribution >= 0.6 is 12.4 Å². The number of carbonyl (C=O) groups is 2. The van der Waals surface area contributed by atoms with Crippen molar-refractivity contribution in [1.29, 1.82) is 0 Å². The Labute approximate surface area is 137 Å². The number of halogens is 1. The number of hydrogen-bond acceptors (Lipinski definition) is 4. The van der Waals surface area contributed by atoms with Gasteiger partial charge in [-0.15, -0.1) is 12.4 Å². The van der Waals surface area contributed by atoms with Crippen LogP contribution in [0.2, 0.25) is 0 Å². The van der Waals surface area contributed by atoms with E-state index in [1.165, 1.54) is 0 Å². The molecular formula is C15H24ClN3O3. The lowest BCUT2D eigenvalue weighted by Crippen LogP contribution is -2.36. The van der Waals surface area contributed by atoms with Gasteiger partial charge in [0, 0.05) is 11.8 Å². The summed E-state index contributed by atoms with van der Waals surface area (Å²) in [6, 6.07) is 7.16. The molecule has 0 heterocycles. The lowest BCUT2D eigenvalue weighted by Gasteiger charge is -2.10. The lowest BCUT2D eigenvalue weighted by atomic mass is 10.1. The van der Waals surface area contributed by atoms with Gasteiger partial charge in [-0.3, -0.25) is 9.59 Å². The second-order valence-corrected chi connectivity index (χ2v) is 5.09. The number of ether oxygens (including phenoxy) is 1. The molecule has 6 nitrogen and oxygen atoms in total. The van der Waals surface area contributed by atoms with Crippen LogP contribution in [0.1, 0.15) is 20.3 Å². The molecule has 0 saturated carbocycles. The van der Waals surface area contributed by atoms with E-state index in [2.05, 4.69) is 24.5 Å². The highest BCUT2D eigenvalue weighted by atomic mass is 35.5. The van der Waals surface area contributed by atoms with E-state index in [4.69, 9.17) is 10.5 Å². The summed E-state index contributed by atoms with van der Waals surface area (Å²) in [7, 11) is 0. The zero-order valence-electron chi connectivity index (χ0n) is 12.9. The van der Waals surface area contributed by atoms with Crippen LogP contribution in [0.4, 0.5) is 5.69 Å². The predicted molar refractivity (Wildman–Crippen MR) is 89.3 cm³/mol. The van der Waals surface area contributed by atoms with Crippen molar-refractivity contribution in [3.8, 4) is 5.75 Å². The summed E-state index contributed by atoms with van der Waals surface area (Å²) in [5, 5.41) is 5.09. The van der Waals surface area contributed by atoms with Crippen LogP contribution in [0.15, 0.2) is 24.3 Å². The summed E-state index contributed by atoms with van der Waals surface area (Å²) >= 11 is 0. The number of hydrogen-bond donors (Lipinski definition) is 3. The van der Waals surface area contributed by atoms with Crippen LogP contribution in [-0.2, 0) is 9.59 Å². The van der Waals surface area contributed by atoms with E-state index in [0.717, 1.165) is 6.42 Å². The molecule has 0 aliphatic heterocycles. The molecule has 1 aromatic rings. The number of anilines is 1. The van der Waals surface area contributed by atoms with Crippen molar-refractivity contribution in [3.63, 3.8) is 0 Å². The minimum atomic E-state index is -0.365. The van der Waals surface area contributed by atoms with Gasteiger partial charge in [0.1, 0.15) is 5.75 Å². The molecule has 124 valence electrons. The number of amides is 2. The number of rotatable bonds is 8. The van der Waals surface area contributed by atoms with Crippen LogP contribution in [0, 0.1) is 5.92 Å². The van der Waals surface area contributed by atoms with Crippen LogP contribution < -0.4 is 21.1 Å². The van der Waals surface area contributed by atoms with Gasteiger partial charge in [-0.1, -0.05) is 19.9 Å². The molecule has 0 fully saturated rings. The van der Waals surface area contributed by atoms with E-state index in [9.17, 15) is 9.59 Å². The molecule has 0 unspecified atom stereocenters. The molecule has 0 aliphatic carbocycles. The SMILES string of the molecule is CC(C)CCOc1cccc(NC(=O)CNC(=O)CN)c1.Cl. The third kappa shape index (κ3) is 8.49. The van der Waals surface area contributed by atoms with Gasteiger partial charge >= 0.3 is 0 Å². The number of nitrogens with one attached hydrogen (secondary N) is 2. The molecule has 1 aromatic carbocycles. The van der Waals surface area contributed by atoms with Crippen molar-refractivity contribution in [2.75, 3.05) is 25.0 Å². The maximum absolute atomic E-state index is 11.6. The van der Waals surface area contributed by atoms with Crippen molar-refractivity contribution >= 4 is 29.9 Å². The second-order valence-electron chi connectivity index (χ2n) is 5.09. The van der Waals surface area contributed by atoms with Crippen LogP contribution in [0.25, 0.3) is 0 Å². The van der Waals surface area contributed by atoms with E-state index in [-0.39, 0.29) is 37.3 Å². The molecule has 0 spiro atoms. The van der Waals surface area contributed by atoms with Gasteiger partial charge in [0.25, 0.3) is 0 Å². The highest BCUT2D eigenvalue weighted by Gasteiger charge is 2.05. The maximum atomic E-state index is 11.6. The predicted octanol–water partition coefficient (Wildman–Crippen LogP) is 1.55. The summed E-state index contributed by atoms with van der Waals surface area (Å²) in [6.45, 7) is 4.67. The van der Waals surface area contributed by atoms with Gasteiger partial charge < -0.3 is 21.1 Å². The Balaban J connectivity index is 0.00000441. The Morgan fingerprint density at radius 1 is 1.27 bits per heavy atom. The third-order valence-corrected chi connectivity index (χ3v) is 2.71. The smallest absolute Gasteiger partial charge is 0.243 e. The fraction of sp³-hybridized carbons (Fsp3) is 0.467. The van der Waals surface area contributed by atoms with Gasteiger partial charge in [0.15, 0.2) is 0 Å². The minimum absolute atomic E-state index is 0. The van der Waals surface area contributed by atoms with E-state index >= 15 is 0 Å². The minimum Gasteiger partial charge on any atom is -0.494 e. The molecule has 0 bridgehead atoms. The molecule has 0 aliphatic rings. The Kier molecular flexibility index (Phi) is 9.98. The van der Waals surface area contributed by atoms with Crippen LogP contribution in [0.5, 0.6) is 5.75 Å². The fourth-order valence-corrected chi connectivity index (χ4v) is 1.53. The molecule has 7 heteroatoms. The number of benzene rings is 1. The molecule has 0 saturated heterocycles. The summed E-state index contributed by atoms with van der Waals surface area (Å²) < 4.78 is 5.62. The van der Waals surface area contributed by atoms with Gasteiger partial charge in [-0.05, 0) is 24.5 Å². The molecule has 1 rings (SSSR count). The zero-order chi connectivity index (χ0) is 15.7. The second kappa shape index (κ2) is 10.9. The van der Waals surface area contributed by atoms with E-state index in [1.54, 1.807) is 18.2 Å². The van der Waals surface area contributed by atoms with Gasteiger partial charge in [-0.25, -0.2) is 0 Å². The monoisotopic (exact) mass is 329 g/mol. The zero-order valence-corrected chi connectivity index (χ0v) is 13.7. The topological polar surface area (TPSA) is 93.5 Å². The van der Waals surface area contributed by atoms with Crippen molar-refractivity contribution in [3.05, 3.63) is 24.3 Å². The van der Waals surface area contributed by atoms with Crippen molar-refractivity contribution in [1.82, 2.24) is 5.32 Å². The number of carbonyl (C=O) groups excluding carboxylic acids is 2. The largest absolute Gasteiger partial charge is 0.494 e.